The van der Waals surface area contributed by atoms with Crippen LogP contribution in [0.5, 0.6) is 0 Å². The Labute approximate surface area is 172 Å². The second kappa shape index (κ2) is 7.50. The summed E-state index contributed by atoms with van der Waals surface area (Å²) in [6.45, 7) is 12.5. The molecule has 160 valence electrons. The Morgan fingerprint density at radius 3 is 2.45 bits per heavy atom. The molecule has 3 rings (SSSR count). The van der Waals surface area contributed by atoms with Gasteiger partial charge in [-0.05, 0) is 56.4 Å². The molecule has 2 aliphatic rings. The predicted octanol–water partition coefficient (Wildman–Crippen LogP) is 3.39. The molecule has 2 fully saturated rings. The zero-order valence-electron chi connectivity index (χ0n) is 18.3. The lowest BCUT2D eigenvalue weighted by Gasteiger charge is -2.39. The van der Waals surface area contributed by atoms with Gasteiger partial charge in [-0.1, -0.05) is 20.8 Å². The number of nitrogens with one attached hydrogen (secondary N) is 1. The molecule has 1 amide bonds. The van der Waals surface area contributed by atoms with E-state index in [0.717, 1.165) is 19.3 Å². The van der Waals surface area contributed by atoms with Crippen molar-refractivity contribution >= 4 is 17.8 Å². The van der Waals surface area contributed by atoms with Gasteiger partial charge in [-0.2, -0.15) is 0 Å². The minimum absolute atomic E-state index is 0.133. The first-order valence-corrected chi connectivity index (χ1v) is 10.3. The first-order valence-electron chi connectivity index (χ1n) is 10.3. The highest BCUT2D eigenvalue weighted by atomic mass is 16.5. The van der Waals surface area contributed by atoms with E-state index in [0.29, 0.717) is 17.8 Å². The van der Waals surface area contributed by atoms with Gasteiger partial charge in [-0.15, -0.1) is 0 Å². The third-order valence-electron chi connectivity index (χ3n) is 6.18. The molecule has 1 N–H and O–H groups in total. The van der Waals surface area contributed by atoms with Crippen molar-refractivity contribution in [1.29, 1.82) is 0 Å². The van der Waals surface area contributed by atoms with Crippen LogP contribution in [0.3, 0.4) is 0 Å². The average Bonchev–Trinajstić information content (AvgIpc) is 3.04. The van der Waals surface area contributed by atoms with Gasteiger partial charge in [0.25, 0.3) is 5.91 Å². The predicted molar refractivity (Wildman–Crippen MR) is 108 cm³/mol. The van der Waals surface area contributed by atoms with Gasteiger partial charge in [0.2, 0.25) is 0 Å². The van der Waals surface area contributed by atoms with Gasteiger partial charge >= 0.3 is 11.9 Å². The molecular formula is C22H32N2O5. The van der Waals surface area contributed by atoms with Gasteiger partial charge < -0.3 is 19.4 Å². The molecule has 1 aromatic heterocycles. The van der Waals surface area contributed by atoms with E-state index in [2.05, 4.69) is 25.8 Å². The van der Waals surface area contributed by atoms with Crippen molar-refractivity contribution in [2.75, 3.05) is 19.8 Å². The summed E-state index contributed by atoms with van der Waals surface area (Å²) in [6, 6.07) is 0.209. The topological polar surface area (TPSA) is 88.7 Å². The van der Waals surface area contributed by atoms with E-state index in [1.165, 1.54) is 0 Å². The minimum Gasteiger partial charge on any atom is -0.461 e. The minimum atomic E-state index is -0.603. The normalized spacial score (nSPS) is 25.0. The third-order valence-corrected chi connectivity index (χ3v) is 6.18. The Morgan fingerprint density at radius 2 is 1.79 bits per heavy atom. The zero-order valence-corrected chi connectivity index (χ0v) is 18.3. The van der Waals surface area contributed by atoms with Gasteiger partial charge in [-0.25, -0.2) is 9.59 Å². The summed E-state index contributed by atoms with van der Waals surface area (Å²) in [6.07, 6.45) is 3.08. The summed E-state index contributed by atoms with van der Waals surface area (Å²) >= 11 is 0. The molecule has 0 unspecified atom stereocenters. The summed E-state index contributed by atoms with van der Waals surface area (Å²) < 4.78 is 10.4. The fourth-order valence-electron chi connectivity index (χ4n) is 5.50. The van der Waals surface area contributed by atoms with E-state index in [9.17, 15) is 14.4 Å². The van der Waals surface area contributed by atoms with Crippen LogP contribution in [-0.2, 0) is 14.3 Å². The van der Waals surface area contributed by atoms with E-state index >= 15 is 0 Å². The molecule has 29 heavy (non-hydrogen) atoms. The number of aromatic nitrogens is 1. The van der Waals surface area contributed by atoms with Crippen LogP contribution in [0.2, 0.25) is 0 Å². The van der Waals surface area contributed by atoms with Crippen molar-refractivity contribution in [3.05, 3.63) is 22.5 Å². The zero-order chi connectivity index (χ0) is 21.6. The van der Waals surface area contributed by atoms with E-state index in [4.69, 9.17) is 9.47 Å². The highest BCUT2D eigenvalue weighted by Crippen LogP contribution is 2.52. The summed E-state index contributed by atoms with van der Waals surface area (Å²) in [4.78, 5) is 42.2. The lowest BCUT2D eigenvalue weighted by molar-refractivity contribution is -0.135. The van der Waals surface area contributed by atoms with E-state index in [1.807, 2.05) is 4.90 Å². The molecule has 1 aliphatic heterocycles. The number of rotatable bonds is 5. The quantitative estimate of drug-likeness (QED) is 0.760. The summed E-state index contributed by atoms with van der Waals surface area (Å²) in [5.41, 5.74) is 1.87. The van der Waals surface area contributed by atoms with Crippen molar-refractivity contribution < 1.29 is 23.9 Å². The number of fused-ring (bicyclic) bond motifs is 2. The van der Waals surface area contributed by atoms with E-state index < -0.39 is 11.9 Å². The van der Waals surface area contributed by atoms with Crippen molar-refractivity contribution in [3.8, 4) is 0 Å². The number of hydrogen-bond acceptors (Lipinski definition) is 5. The maximum absolute atomic E-state index is 12.8. The Hall–Kier alpha value is -2.31. The van der Waals surface area contributed by atoms with Crippen molar-refractivity contribution in [1.82, 2.24) is 9.88 Å². The number of carbonyl (C=O) groups is 3. The number of carbonyl (C=O) groups excluding carboxylic acids is 3. The number of H-pyrrole nitrogens is 1. The maximum Gasteiger partial charge on any atom is 0.355 e. The molecule has 0 radical (unpaired) electrons. The van der Waals surface area contributed by atoms with E-state index in [-0.39, 0.29) is 47.3 Å². The van der Waals surface area contributed by atoms with Crippen LogP contribution in [0, 0.1) is 24.7 Å². The number of aryl methyl sites for hydroxylation is 1. The fraction of sp³-hybridized carbons (Fsp3) is 0.682. The molecule has 7 heteroatoms. The molecule has 2 bridgehead atoms. The van der Waals surface area contributed by atoms with Gasteiger partial charge in [0.1, 0.15) is 5.69 Å². The van der Waals surface area contributed by atoms with Crippen LogP contribution in [0.25, 0.3) is 0 Å². The smallest absolute Gasteiger partial charge is 0.355 e. The molecule has 1 aliphatic carbocycles. The lowest BCUT2D eigenvalue weighted by Crippen LogP contribution is -2.39. The van der Waals surface area contributed by atoms with Crippen LogP contribution in [0.15, 0.2) is 0 Å². The molecule has 2 heterocycles. The third kappa shape index (κ3) is 4.19. The summed E-state index contributed by atoms with van der Waals surface area (Å²) in [5, 5.41) is 0. The number of amides is 1. The average molecular weight is 405 g/mol. The van der Waals surface area contributed by atoms with Gasteiger partial charge in [0, 0.05) is 18.3 Å². The van der Waals surface area contributed by atoms with Crippen molar-refractivity contribution in [3.63, 3.8) is 0 Å². The van der Waals surface area contributed by atoms with Gasteiger partial charge in [0.05, 0.1) is 12.2 Å². The molecule has 2 atom stereocenters. The molecule has 0 spiro atoms. The Morgan fingerprint density at radius 1 is 1.10 bits per heavy atom. The number of nitrogens with zero attached hydrogens (tertiary/aromatic N) is 1. The number of likely N-dealkylation sites (tertiary alicyclic amines) is 1. The van der Waals surface area contributed by atoms with Crippen LogP contribution >= 0.6 is 0 Å². The molecular weight excluding hydrogens is 372 g/mol. The number of aromatic amines is 1. The van der Waals surface area contributed by atoms with Crippen molar-refractivity contribution in [2.24, 2.45) is 10.8 Å². The number of hydrogen-bond donors (Lipinski definition) is 1. The summed E-state index contributed by atoms with van der Waals surface area (Å²) in [7, 11) is 0. The maximum atomic E-state index is 12.8. The highest BCUT2D eigenvalue weighted by molar-refractivity contribution is 5.99. The number of esters is 2. The Balaban J connectivity index is 1.66. The summed E-state index contributed by atoms with van der Waals surface area (Å²) in [5.74, 6) is -1.27. The highest BCUT2D eigenvalue weighted by Gasteiger charge is 2.51. The van der Waals surface area contributed by atoms with Crippen LogP contribution in [0.4, 0.5) is 0 Å². The standard InChI is InChI=1S/C22H32N2O5/c1-7-28-20(27)18-13(2)17(14(3)23-18)19(26)29-10-16(25)24-12-22(6)9-15(24)8-21(4,5)11-22/h15,23H,7-12H2,1-6H3/t15-,22-/m1/s1. The van der Waals surface area contributed by atoms with Crippen LogP contribution < -0.4 is 0 Å². The molecule has 1 saturated carbocycles. The van der Waals surface area contributed by atoms with Crippen LogP contribution in [-0.4, -0.2) is 53.5 Å². The SMILES string of the molecule is CCOC(=O)c1[nH]c(C)c(C(=O)OCC(=O)N2C[C@]3(C)C[C@H]2CC(C)(C)C3)c1C. The van der Waals surface area contributed by atoms with Crippen LogP contribution in [0.1, 0.15) is 79.1 Å². The molecule has 1 saturated heterocycles. The second-order valence-electron chi connectivity index (χ2n) is 9.66. The largest absolute Gasteiger partial charge is 0.461 e. The Bertz CT molecular complexity index is 841. The monoisotopic (exact) mass is 404 g/mol. The molecule has 7 nitrogen and oxygen atoms in total. The molecule has 1 aromatic rings. The van der Waals surface area contributed by atoms with Crippen molar-refractivity contribution in [2.45, 2.75) is 66.8 Å². The van der Waals surface area contributed by atoms with Gasteiger partial charge in [-0.3, -0.25) is 4.79 Å². The fourth-order valence-corrected chi connectivity index (χ4v) is 5.50. The van der Waals surface area contributed by atoms with Gasteiger partial charge in [0.15, 0.2) is 6.61 Å². The Kier molecular flexibility index (Phi) is 5.54. The number of ether oxygens (including phenoxy) is 2. The van der Waals surface area contributed by atoms with E-state index in [1.54, 1.807) is 20.8 Å². The lowest BCUT2D eigenvalue weighted by atomic mass is 9.65. The molecule has 0 aromatic carbocycles. The first kappa shape index (κ1) is 21.4. The first-order chi connectivity index (χ1) is 13.5. The second-order valence-corrected chi connectivity index (χ2v) is 9.66.